The van der Waals surface area contributed by atoms with E-state index in [1.54, 1.807) is 12.1 Å². The summed E-state index contributed by atoms with van der Waals surface area (Å²) >= 11 is 0. The first kappa shape index (κ1) is 20.0. The number of hydrogen-bond acceptors (Lipinski definition) is 4. The van der Waals surface area contributed by atoms with Crippen molar-refractivity contribution in [2.75, 3.05) is 13.1 Å². The molecule has 6 nitrogen and oxygen atoms in total. The van der Waals surface area contributed by atoms with Crippen molar-refractivity contribution in [3.8, 4) is 11.1 Å². The van der Waals surface area contributed by atoms with Gasteiger partial charge in [-0.25, -0.2) is 9.18 Å². The standard InChI is InChI=1S/C23H22FN3O3/c24-20-11-16(8-9-19(20)15-5-2-1-3-6-15)21(28)17-7-4-10-27(13-17)14-18-12-25-23(30)26-22(18)29/h1-3,5-6,8-9,11-12,17H,4,7,10,13-14H2,(H2,25,26,29,30)/t17-/m0/s1. The van der Waals surface area contributed by atoms with Crippen molar-refractivity contribution in [2.24, 2.45) is 5.92 Å². The summed E-state index contributed by atoms with van der Waals surface area (Å²) in [6.45, 7) is 1.58. The number of H-pyrrole nitrogens is 2. The summed E-state index contributed by atoms with van der Waals surface area (Å²) in [5, 5.41) is 0. The SMILES string of the molecule is O=C(c1ccc(-c2ccccc2)c(F)c1)[C@H]1CCCN(Cc2c[nH]c(=O)[nH]c2=O)C1. The Labute approximate surface area is 172 Å². The summed E-state index contributed by atoms with van der Waals surface area (Å²) in [6, 6.07) is 13.9. The van der Waals surface area contributed by atoms with Gasteiger partial charge in [-0.2, -0.15) is 0 Å². The number of carbonyl (C=O) groups excluding carboxylic acids is 1. The fourth-order valence-electron chi connectivity index (χ4n) is 3.97. The number of nitrogens with one attached hydrogen (secondary N) is 2. The summed E-state index contributed by atoms with van der Waals surface area (Å²) in [6.07, 6.45) is 2.94. The minimum absolute atomic E-state index is 0.0893. The van der Waals surface area contributed by atoms with E-state index >= 15 is 0 Å². The van der Waals surface area contributed by atoms with E-state index in [1.807, 2.05) is 35.2 Å². The lowest BCUT2D eigenvalue weighted by molar-refractivity contribution is 0.0810. The van der Waals surface area contributed by atoms with Crippen LogP contribution in [0.15, 0.2) is 64.3 Å². The zero-order valence-electron chi connectivity index (χ0n) is 16.4. The van der Waals surface area contributed by atoms with E-state index in [-0.39, 0.29) is 11.7 Å². The molecular formula is C23H22FN3O3. The quantitative estimate of drug-likeness (QED) is 0.637. The van der Waals surface area contributed by atoms with Crippen molar-refractivity contribution in [1.29, 1.82) is 0 Å². The molecule has 1 atom stereocenters. The van der Waals surface area contributed by atoms with Gasteiger partial charge in [-0.15, -0.1) is 0 Å². The molecule has 0 bridgehead atoms. The largest absolute Gasteiger partial charge is 0.325 e. The van der Waals surface area contributed by atoms with Crippen LogP contribution in [-0.2, 0) is 6.54 Å². The lowest BCUT2D eigenvalue weighted by atomic mass is 9.89. The predicted octanol–water partition coefficient (Wildman–Crippen LogP) is 2.96. The maximum atomic E-state index is 14.7. The minimum atomic E-state index is -0.545. The summed E-state index contributed by atoms with van der Waals surface area (Å²) in [5.74, 6) is -0.768. The van der Waals surface area contributed by atoms with Crippen LogP contribution in [-0.4, -0.2) is 33.7 Å². The molecule has 154 valence electrons. The van der Waals surface area contributed by atoms with Crippen molar-refractivity contribution < 1.29 is 9.18 Å². The topological polar surface area (TPSA) is 86.0 Å². The second kappa shape index (κ2) is 8.59. The van der Waals surface area contributed by atoms with E-state index in [9.17, 15) is 18.8 Å². The van der Waals surface area contributed by atoms with Crippen molar-refractivity contribution >= 4 is 5.78 Å². The molecule has 1 aliphatic heterocycles. The summed E-state index contributed by atoms with van der Waals surface area (Å²) in [4.78, 5) is 42.8. The lowest BCUT2D eigenvalue weighted by Crippen LogP contribution is -2.40. The number of aromatic nitrogens is 2. The second-order valence-electron chi connectivity index (χ2n) is 7.60. The van der Waals surface area contributed by atoms with E-state index in [4.69, 9.17) is 0 Å². The number of aromatic amines is 2. The Kier molecular flexibility index (Phi) is 5.72. The Balaban J connectivity index is 1.48. The lowest BCUT2D eigenvalue weighted by Gasteiger charge is -2.31. The van der Waals surface area contributed by atoms with Crippen molar-refractivity contribution in [3.63, 3.8) is 0 Å². The van der Waals surface area contributed by atoms with Gasteiger partial charge in [0.05, 0.1) is 0 Å². The van der Waals surface area contributed by atoms with E-state index in [2.05, 4.69) is 9.97 Å². The van der Waals surface area contributed by atoms with Gasteiger partial charge >= 0.3 is 5.69 Å². The average Bonchev–Trinajstić information content (AvgIpc) is 2.76. The van der Waals surface area contributed by atoms with Crippen molar-refractivity contribution in [1.82, 2.24) is 14.9 Å². The maximum absolute atomic E-state index is 14.7. The van der Waals surface area contributed by atoms with E-state index in [1.165, 1.54) is 12.3 Å². The Morgan fingerprint density at radius 3 is 2.67 bits per heavy atom. The van der Waals surface area contributed by atoms with Crippen LogP contribution >= 0.6 is 0 Å². The van der Waals surface area contributed by atoms with Gasteiger partial charge in [-0.1, -0.05) is 42.5 Å². The van der Waals surface area contributed by atoms with Gasteiger partial charge in [0.2, 0.25) is 0 Å². The van der Waals surface area contributed by atoms with Gasteiger partial charge in [-0.05, 0) is 31.0 Å². The van der Waals surface area contributed by atoms with Crippen LogP contribution in [0.3, 0.4) is 0 Å². The number of nitrogens with zero attached hydrogens (tertiary/aromatic N) is 1. The van der Waals surface area contributed by atoms with Crippen LogP contribution in [0.2, 0.25) is 0 Å². The monoisotopic (exact) mass is 407 g/mol. The molecule has 2 aromatic carbocycles. The third-order valence-electron chi connectivity index (χ3n) is 5.50. The number of likely N-dealkylation sites (tertiary alicyclic amines) is 1. The molecule has 4 rings (SSSR count). The van der Waals surface area contributed by atoms with E-state index in [0.29, 0.717) is 29.8 Å². The van der Waals surface area contributed by atoms with E-state index < -0.39 is 17.1 Å². The molecular weight excluding hydrogens is 385 g/mol. The molecule has 7 heteroatoms. The van der Waals surface area contributed by atoms with Crippen LogP contribution in [0.1, 0.15) is 28.8 Å². The van der Waals surface area contributed by atoms with Gasteiger partial charge < -0.3 is 4.98 Å². The number of carbonyl (C=O) groups is 1. The first-order valence-corrected chi connectivity index (χ1v) is 9.93. The Bertz CT molecular complexity index is 1170. The number of rotatable bonds is 5. The van der Waals surface area contributed by atoms with E-state index in [0.717, 1.165) is 24.9 Å². The average molecular weight is 407 g/mol. The highest BCUT2D eigenvalue weighted by Gasteiger charge is 2.27. The molecule has 1 saturated heterocycles. The van der Waals surface area contributed by atoms with Crippen LogP contribution in [0, 0.1) is 11.7 Å². The first-order valence-electron chi connectivity index (χ1n) is 9.93. The minimum Gasteiger partial charge on any atom is -0.314 e. The number of halogens is 1. The van der Waals surface area contributed by atoms with Crippen LogP contribution in [0.25, 0.3) is 11.1 Å². The van der Waals surface area contributed by atoms with Crippen molar-refractivity contribution in [2.45, 2.75) is 19.4 Å². The van der Waals surface area contributed by atoms with Gasteiger partial charge in [0.25, 0.3) is 5.56 Å². The Morgan fingerprint density at radius 1 is 1.13 bits per heavy atom. The van der Waals surface area contributed by atoms with Gasteiger partial charge in [0.15, 0.2) is 5.78 Å². The highest BCUT2D eigenvalue weighted by Crippen LogP contribution is 2.26. The molecule has 3 aromatic rings. The Hall–Kier alpha value is -3.32. The predicted molar refractivity (Wildman–Crippen MR) is 112 cm³/mol. The second-order valence-corrected chi connectivity index (χ2v) is 7.60. The number of piperidine rings is 1. The Morgan fingerprint density at radius 2 is 1.93 bits per heavy atom. The third-order valence-corrected chi connectivity index (χ3v) is 5.50. The molecule has 1 fully saturated rings. The van der Waals surface area contributed by atoms with Crippen LogP contribution in [0.5, 0.6) is 0 Å². The van der Waals surface area contributed by atoms with Crippen LogP contribution in [0.4, 0.5) is 4.39 Å². The number of Topliss-reactive ketones (excluding diaryl/α,β-unsaturated/α-hetero) is 1. The molecule has 0 aliphatic carbocycles. The fraction of sp³-hybridized carbons (Fsp3) is 0.261. The summed E-state index contributed by atoms with van der Waals surface area (Å²) in [7, 11) is 0. The van der Waals surface area contributed by atoms with Crippen LogP contribution < -0.4 is 11.2 Å². The van der Waals surface area contributed by atoms with Gasteiger partial charge in [0.1, 0.15) is 5.82 Å². The summed E-state index contributed by atoms with van der Waals surface area (Å²) < 4.78 is 14.7. The smallest absolute Gasteiger partial charge is 0.314 e. The highest BCUT2D eigenvalue weighted by atomic mass is 19.1. The number of benzene rings is 2. The van der Waals surface area contributed by atoms with Gasteiger partial charge in [0, 0.05) is 41.9 Å². The maximum Gasteiger partial charge on any atom is 0.325 e. The number of ketones is 1. The molecule has 2 N–H and O–H groups in total. The first-order chi connectivity index (χ1) is 14.5. The zero-order valence-corrected chi connectivity index (χ0v) is 16.4. The molecule has 0 unspecified atom stereocenters. The molecule has 0 saturated carbocycles. The molecule has 0 amide bonds. The fourth-order valence-corrected chi connectivity index (χ4v) is 3.97. The molecule has 0 spiro atoms. The highest BCUT2D eigenvalue weighted by molar-refractivity contribution is 5.98. The van der Waals surface area contributed by atoms with Crippen molar-refractivity contribution in [3.05, 3.63) is 92.5 Å². The molecule has 1 aromatic heterocycles. The molecule has 1 aliphatic rings. The molecule has 0 radical (unpaired) electrons. The van der Waals surface area contributed by atoms with Gasteiger partial charge in [-0.3, -0.25) is 19.5 Å². The summed E-state index contributed by atoms with van der Waals surface area (Å²) in [5.41, 5.74) is 1.07. The number of hydrogen-bond donors (Lipinski definition) is 2. The molecule has 2 heterocycles. The molecule has 30 heavy (non-hydrogen) atoms. The zero-order chi connectivity index (χ0) is 21.1. The third kappa shape index (κ3) is 4.31. The normalized spacial score (nSPS) is 17.0.